The molecule has 0 unspecified atom stereocenters. The van der Waals surface area contributed by atoms with Gasteiger partial charge in [-0.1, -0.05) is 43.0 Å². The lowest BCUT2D eigenvalue weighted by atomic mass is 9.98. The number of aryl methyl sites for hydroxylation is 1. The van der Waals surface area contributed by atoms with E-state index < -0.39 is 14.9 Å². The highest BCUT2D eigenvalue weighted by Crippen LogP contribution is 2.32. The van der Waals surface area contributed by atoms with Crippen molar-refractivity contribution in [2.24, 2.45) is 0 Å². The molecule has 0 bridgehead atoms. The third-order valence-corrected chi connectivity index (χ3v) is 5.92. The van der Waals surface area contributed by atoms with Crippen LogP contribution in [0.15, 0.2) is 79.4 Å². The van der Waals surface area contributed by atoms with E-state index in [0.29, 0.717) is 16.9 Å². The van der Waals surface area contributed by atoms with Crippen LogP contribution in [0, 0.1) is 17.0 Å². The summed E-state index contributed by atoms with van der Waals surface area (Å²) in [7, 11) is -3.73. The molecule has 32 heavy (non-hydrogen) atoms. The molecule has 0 aromatic heterocycles. The van der Waals surface area contributed by atoms with E-state index >= 15 is 0 Å². The Morgan fingerprint density at radius 1 is 1.06 bits per heavy atom. The number of nitrogens with one attached hydrogen (secondary N) is 2. The number of non-ortho nitro benzene ring substituents is 1. The number of benzene rings is 3. The maximum Gasteiger partial charge on any atom is 0.269 e. The zero-order chi connectivity index (χ0) is 23.3. The molecule has 0 aliphatic heterocycles. The monoisotopic (exact) mass is 451 g/mol. The van der Waals surface area contributed by atoms with Crippen molar-refractivity contribution in [1.29, 1.82) is 0 Å². The minimum atomic E-state index is -3.73. The first-order chi connectivity index (χ1) is 15.2. The number of amides is 1. The molecule has 0 spiro atoms. The molecule has 0 aliphatic rings. The molecule has 0 radical (unpaired) electrons. The van der Waals surface area contributed by atoms with Crippen LogP contribution in [0.1, 0.15) is 11.1 Å². The van der Waals surface area contributed by atoms with Crippen molar-refractivity contribution < 1.29 is 18.1 Å². The Kier molecular flexibility index (Phi) is 6.70. The molecule has 3 aromatic carbocycles. The predicted octanol–water partition coefficient (Wildman–Crippen LogP) is 4.64. The second kappa shape index (κ2) is 9.44. The lowest BCUT2D eigenvalue weighted by Crippen LogP contribution is -2.15. The Morgan fingerprint density at radius 3 is 2.38 bits per heavy atom. The van der Waals surface area contributed by atoms with Crippen molar-refractivity contribution in [1.82, 2.24) is 0 Å². The van der Waals surface area contributed by atoms with Gasteiger partial charge in [-0.25, -0.2) is 8.42 Å². The predicted molar refractivity (Wildman–Crippen MR) is 125 cm³/mol. The number of sulfonamides is 1. The fourth-order valence-corrected chi connectivity index (χ4v) is 4.38. The van der Waals surface area contributed by atoms with Crippen LogP contribution in [0.4, 0.5) is 17.1 Å². The molecule has 3 aromatic rings. The van der Waals surface area contributed by atoms with Crippen LogP contribution in [0.25, 0.3) is 11.1 Å². The van der Waals surface area contributed by atoms with E-state index in [0.717, 1.165) is 16.7 Å². The number of hydrogen-bond acceptors (Lipinski definition) is 5. The molecule has 0 heterocycles. The third-order valence-electron chi connectivity index (χ3n) is 4.66. The molecule has 3 rings (SSSR count). The third kappa shape index (κ3) is 5.58. The summed E-state index contributed by atoms with van der Waals surface area (Å²) in [6.45, 7) is 5.30. The standard InChI is InChI=1S/C23H21N3O5S/c1-3-23(27)24-22-7-5-4-6-21(22)20-13-10-18(14-16(20)2)25-32(30,31)15-17-8-11-19(12-9-17)26(28)29/h3-14,25H,1,15H2,2H3,(H,24,27). The minimum absolute atomic E-state index is 0.102. The molecular weight excluding hydrogens is 430 g/mol. The average molecular weight is 452 g/mol. The fourth-order valence-electron chi connectivity index (χ4n) is 3.19. The van der Waals surface area contributed by atoms with E-state index in [1.807, 2.05) is 19.1 Å². The van der Waals surface area contributed by atoms with Gasteiger partial charge in [0.1, 0.15) is 0 Å². The summed E-state index contributed by atoms with van der Waals surface area (Å²) in [5.41, 5.74) is 3.77. The van der Waals surface area contributed by atoms with Crippen LogP contribution in [0.2, 0.25) is 0 Å². The highest BCUT2D eigenvalue weighted by Gasteiger charge is 2.15. The first kappa shape index (κ1) is 22.7. The number of anilines is 2. The molecule has 164 valence electrons. The quantitative estimate of drug-likeness (QED) is 0.294. The zero-order valence-corrected chi connectivity index (χ0v) is 18.1. The SMILES string of the molecule is C=CC(=O)Nc1ccccc1-c1ccc(NS(=O)(=O)Cc2ccc([N+](=O)[O-])cc2)cc1C. The van der Waals surface area contributed by atoms with Gasteiger partial charge in [-0.05, 0) is 47.9 Å². The van der Waals surface area contributed by atoms with Gasteiger partial charge >= 0.3 is 0 Å². The first-order valence-corrected chi connectivity index (χ1v) is 11.2. The second-order valence-electron chi connectivity index (χ2n) is 7.05. The lowest BCUT2D eigenvalue weighted by molar-refractivity contribution is -0.384. The van der Waals surface area contributed by atoms with Gasteiger partial charge < -0.3 is 5.32 Å². The van der Waals surface area contributed by atoms with Gasteiger partial charge in [-0.3, -0.25) is 19.6 Å². The number of carbonyl (C=O) groups excluding carboxylic acids is 1. The van der Waals surface area contributed by atoms with Gasteiger partial charge in [0, 0.05) is 29.1 Å². The Balaban J connectivity index is 1.80. The number of nitrogens with zero attached hydrogens (tertiary/aromatic N) is 1. The van der Waals surface area contributed by atoms with E-state index in [2.05, 4.69) is 16.6 Å². The summed E-state index contributed by atoms with van der Waals surface area (Å²) in [5.74, 6) is -0.645. The summed E-state index contributed by atoms with van der Waals surface area (Å²) in [5, 5.41) is 13.5. The molecule has 9 heteroatoms. The van der Waals surface area contributed by atoms with Crippen molar-refractivity contribution in [3.05, 3.63) is 101 Å². The molecule has 1 amide bonds. The first-order valence-electron chi connectivity index (χ1n) is 9.56. The van der Waals surface area contributed by atoms with Crippen LogP contribution in [0.3, 0.4) is 0 Å². The highest BCUT2D eigenvalue weighted by molar-refractivity contribution is 7.91. The van der Waals surface area contributed by atoms with Gasteiger partial charge in [0.15, 0.2) is 0 Å². The van der Waals surface area contributed by atoms with Crippen LogP contribution >= 0.6 is 0 Å². The summed E-state index contributed by atoms with van der Waals surface area (Å²) in [6.07, 6.45) is 1.19. The largest absolute Gasteiger partial charge is 0.322 e. The molecule has 2 N–H and O–H groups in total. The smallest absolute Gasteiger partial charge is 0.269 e. The summed E-state index contributed by atoms with van der Waals surface area (Å²) in [6, 6.07) is 17.8. The second-order valence-corrected chi connectivity index (χ2v) is 8.78. The number of hydrogen-bond donors (Lipinski definition) is 2. The Bertz CT molecular complexity index is 1290. The molecule has 0 saturated carbocycles. The number of para-hydroxylation sites is 1. The van der Waals surface area contributed by atoms with E-state index in [1.54, 1.807) is 30.3 Å². The maximum absolute atomic E-state index is 12.6. The Hall–Kier alpha value is -3.98. The molecule has 0 saturated heterocycles. The normalized spacial score (nSPS) is 10.9. The van der Waals surface area contributed by atoms with E-state index in [1.165, 1.54) is 30.3 Å². The molecular formula is C23H21N3O5S. The minimum Gasteiger partial charge on any atom is -0.322 e. The van der Waals surface area contributed by atoms with E-state index in [9.17, 15) is 23.3 Å². The number of nitro groups is 1. The van der Waals surface area contributed by atoms with E-state index in [4.69, 9.17) is 0 Å². The maximum atomic E-state index is 12.6. The fraction of sp³-hybridized carbons (Fsp3) is 0.0870. The lowest BCUT2D eigenvalue weighted by Gasteiger charge is -2.14. The van der Waals surface area contributed by atoms with Crippen molar-refractivity contribution >= 4 is 33.0 Å². The van der Waals surface area contributed by atoms with Gasteiger partial charge in [0.25, 0.3) is 5.69 Å². The molecule has 0 atom stereocenters. The van der Waals surface area contributed by atoms with Gasteiger partial charge in [-0.2, -0.15) is 0 Å². The summed E-state index contributed by atoms with van der Waals surface area (Å²) < 4.78 is 27.7. The van der Waals surface area contributed by atoms with Crippen molar-refractivity contribution in [3.8, 4) is 11.1 Å². The van der Waals surface area contributed by atoms with Crippen molar-refractivity contribution in [2.75, 3.05) is 10.0 Å². The van der Waals surface area contributed by atoms with Crippen LogP contribution in [-0.4, -0.2) is 19.2 Å². The summed E-state index contributed by atoms with van der Waals surface area (Å²) >= 11 is 0. The van der Waals surface area contributed by atoms with E-state index in [-0.39, 0.29) is 17.3 Å². The Morgan fingerprint density at radius 2 is 1.75 bits per heavy atom. The van der Waals surface area contributed by atoms with Crippen LogP contribution < -0.4 is 10.0 Å². The topological polar surface area (TPSA) is 118 Å². The van der Waals surface area contributed by atoms with Crippen molar-refractivity contribution in [3.63, 3.8) is 0 Å². The Labute approximate surface area is 185 Å². The number of carbonyl (C=O) groups is 1. The number of rotatable bonds is 8. The summed E-state index contributed by atoms with van der Waals surface area (Å²) in [4.78, 5) is 21.9. The number of nitro benzene ring substituents is 1. The van der Waals surface area contributed by atoms with Gasteiger partial charge in [0.05, 0.1) is 10.7 Å². The molecule has 0 aliphatic carbocycles. The van der Waals surface area contributed by atoms with Crippen LogP contribution in [0.5, 0.6) is 0 Å². The highest BCUT2D eigenvalue weighted by atomic mass is 32.2. The van der Waals surface area contributed by atoms with Gasteiger partial charge in [0.2, 0.25) is 15.9 Å². The van der Waals surface area contributed by atoms with Crippen LogP contribution in [-0.2, 0) is 20.6 Å². The zero-order valence-electron chi connectivity index (χ0n) is 17.2. The average Bonchev–Trinajstić information content (AvgIpc) is 2.74. The van der Waals surface area contributed by atoms with Crippen molar-refractivity contribution in [2.45, 2.75) is 12.7 Å². The van der Waals surface area contributed by atoms with Gasteiger partial charge in [-0.15, -0.1) is 0 Å². The molecule has 0 fully saturated rings. The molecule has 8 nitrogen and oxygen atoms in total.